The number of aromatic nitrogens is 2. The van der Waals surface area contributed by atoms with E-state index in [2.05, 4.69) is 20.8 Å². The lowest BCUT2D eigenvalue weighted by Gasteiger charge is -2.26. The molecule has 0 aromatic carbocycles. The standard InChI is InChI=1S/C12H20N4O2.ClH/c1-7(14-9(17)8-5-13-6-8)10-15-11(16-18-10)12(2,3)4;/h7-8,13H,5-6H2,1-4H3,(H,14,17);1H. The zero-order chi connectivity index (χ0) is 13.3. The van der Waals surface area contributed by atoms with Crippen molar-refractivity contribution < 1.29 is 9.32 Å². The number of nitrogens with zero attached hydrogens (tertiary/aromatic N) is 2. The molecule has 1 fully saturated rings. The van der Waals surface area contributed by atoms with Gasteiger partial charge in [-0.3, -0.25) is 4.79 Å². The van der Waals surface area contributed by atoms with Crippen molar-refractivity contribution in [3.05, 3.63) is 11.7 Å². The van der Waals surface area contributed by atoms with Gasteiger partial charge >= 0.3 is 0 Å². The summed E-state index contributed by atoms with van der Waals surface area (Å²) in [7, 11) is 0. The highest BCUT2D eigenvalue weighted by molar-refractivity contribution is 5.85. The highest BCUT2D eigenvalue weighted by Crippen LogP contribution is 2.20. The van der Waals surface area contributed by atoms with Crippen molar-refractivity contribution >= 4 is 18.3 Å². The fraction of sp³-hybridized carbons (Fsp3) is 0.750. The second-order valence-electron chi connectivity index (χ2n) is 5.79. The number of halogens is 1. The molecule has 0 radical (unpaired) electrons. The molecule has 0 aliphatic carbocycles. The number of carbonyl (C=O) groups is 1. The van der Waals surface area contributed by atoms with E-state index in [1.54, 1.807) is 0 Å². The average Bonchev–Trinajstić information content (AvgIpc) is 2.61. The summed E-state index contributed by atoms with van der Waals surface area (Å²) in [6.07, 6.45) is 0. The van der Waals surface area contributed by atoms with E-state index in [-0.39, 0.29) is 35.7 Å². The van der Waals surface area contributed by atoms with Crippen molar-refractivity contribution in [3.63, 3.8) is 0 Å². The Morgan fingerprint density at radius 2 is 2.11 bits per heavy atom. The fourth-order valence-electron chi connectivity index (χ4n) is 1.58. The van der Waals surface area contributed by atoms with E-state index in [1.807, 2.05) is 27.7 Å². The van der Waals surface area contributed by atoms with Crippen LogP contribution in [0.15, 0.2) is 4.52 Å². The molecule has 1 aliphatic heterocycles. The summed E-state index contributed by atoms with van der Waals surface area (Å²) < 4.78 is 5.19. The summed E-state index contributed by atoms with van der Waals surface area (Å²) in [4.78, 5) is 16.1. The summed E-state index contributed by atoms with van der Waals surface area (Å²) in [5, 5.41) is 9.90. The zero-order valence-corrected chi connectivity index (χ0v) is 12.5. The van der Waals surface area contributed by atoms with Gasteiger partial charge in [-0.15, -0.1) is 12.4 Å². The molecule has 1 saturated heterocycles. The number of hydrogen-bond donors (Lipinski definition) is 2. The molecule has 1 aliphatic rings. The Morgan fingerprint density at radius 3 is 2.53 bits per heavy atom. The minimum absolute atomic E-state index is 0. The van der Waals surface area contributed by atoms with Gasteiger partial charge in [0.2, 0.25) is 11.8 Å². The van der Waals surface area contributed by atoms with Crippen molar-refractivity contribution in [2.45, 2.75) is 39.2 Å². The first-order chi connectivity index (χ1) is 8.38. The van der Waals surface area contributed by atoms with Crippen molar-refractivity contribution in [1.29, 1.82) is 0 Å². The molecule has 1 amide bonds. The Labute approximate surface area is 119 Å². The molecule has 2 N–H and O–H groups in total. The minimum Gasteiger partial charge on any atom is -0.344 e. The minimum atomic E-state index is -0.248. The number of amides is 1. The van der Waals surface area contributed by atoms with Gasteiger partial charge in [0.15, 0.2) is 5.82 Å². The lowest BCUT2D eigenvalue weighted by atomic mass is 9.96. The van der Waals surface area contributed by atoms with E-state index in [9.17, 15) is 4.79 Å². The van der Waals surface area contributed by atoms with Gasteiger partial charge in [-0.2, -0.15) is 4.98 Å². The van der Waals surface area contributed by atoms with Crippen LogP contribution in [0.2, 0.25) is 0 Å². The summed E-state index contributed by atoms with van der Waals surface area (Å²) in [5.41, 5.74) is -0.149. The normalized spacial score (nSPS) is 17.3. The molecule has 1 aromatic rings. The first-order valence-electron chi connectivity index (χ1n) is 6.23. The Balaban J connectivity index is 0.00000180. The lowest BCUT2D eigenvalue weighted by molar-refractivity contribution is -0.127. The molecule has 108 valence electrons. The third-order valence-electron chi connectivity index (χ3n) is 2.99. The molecule has 1 unspecified atom stereocenters. The van der Waals surface area contributed by atoms with Crippen LogP contribution in [0.25, 0.3) is 0 Å². The first-order valence-corrected chi connectivity index (χ1v) is 6.23. The molecule has 2 heterocycles. The number of carbonyl (C=O) groups excluding carboxylic acids is 1. The predicted octanol–water partition coefficient (Wildman–Crippen LogP) is 1.19. The van der Waals surface area contributed by atoms with Crippen molar-refractivity contribution in [2.24, 2.45) is 5.92 Å². The third-order valence-corrected chi connectivity index (χ3v) is 2.99. The van der Waals surface area contributed by atoms with Crippen molar-refractivity contribution in [3.8, 4) is 0 Å². The van der Waals surface area contributed by atoms with Crippen LogP contribution < -0.4 is 10.6 Å². The Morgan fingerprint density at radius 1 is 1.47 bits per heavy atom. The largest absolute Gasteiger partial charge is 0.344 e. The van der Waals surface area contributed by atoms with E-state index >= 15 is 0 Å². The van der Waals surface area contributed by atoms with Crippen LogP contribution in [0, 0.1) is 5.92 Å². The highest BCUT2D eigenvalue weighted by Gasteiger charge is 2.28. The maximum absolute atomic E-state index is 11.8. The second-order valence-corrected chi connectivity index (χ2v) is 5.79. The van der Waals surface area contributed by atoms with Crippen LogP contribution in [0.3, 0.4) is 0 Å². The van der Waals surface area contributed by atoms with Gasteiger partial charge in [0.05, 0.1) is 5.92 Å². The van der Waals surface area contributed by atoms with Crippen molar-refractivity contribution in [2.75, 3.05) is 13.1 Å². The average molecular weight is 289 g/mol. The van der Waals surface area contributed by atoms with Crippen LogP contribution in [0.1, 0.15) is 45.5 Å². The fourth-order valence-corrected chi connectivity index (χ4v) is 1.58. The second kappa shape index (κ2) is 5.88. The number of rotatable bonds is 3. The van der Waals surface area contributed by atoms with Gasteiger partial charge in [0.25, 0.3) is 0 Å². The van der Waals surface area contributed by atoms with E-state index in [4.69, 9.17) is 4.52 Å². The van der Waals surface area contributed by atoms with Gasteiger partial charge in [-0.25, -0.2) is 0 Å². The van der Waals surface area contributed by atoms with Gasteiger partial charge in [0, 0.05) is 18.5 Å². The number of hydrogen-bond acceptors (Lipinski definition) is 5. The smallest absolute Gasteiger partial charge is 0.248 e. The summed E-state index contributed by atoms with van der Waals surface area (Å²) in [6.45, 7) is 9.40. The summed E-state index contributed by atoms with van der Waals surface area (Å²) in [5.74, 6) is 1.22. The molecule has 0 spiro atoms. The van der Waals surface area contributed by atoms with Gasteiger partial charge in [-0.05, 0) is 6.92 Å². The summed E-state index contributed by atoms with van der Waals surface area (Å²) in [6, 6.07) is -0.248. The predicted molar refractivity (Wildman–Crippen MR) is 73.2 cm³/mol. The molecule has 19 heavy (non-hydrogen) atoms. The molecular weight excluding hydrogens is 268 g/mol. The molecule has 7 heteroatoms. The Kier molecular flexibility index (Phi) is 4.92. The molecule has 2 rings (SSSR count). The number of nitrogens with one attached hydrogen (secondary N) is 2. The third kappa shape index (κ3) is 3.67. The van der Waals surface area contributed by atoms with Crippen molar-refractivity contribution in [1.82, 2.24) is 20.8 Å². The monoisotopic (exact) mass is 288 g/mol. The molecule has 1 aromatic heterocycles. The van der Waals surface area contributed by atoms with E-state index in [1.165, 1.54) is 0 Å². The molecule has 1 atom stereocenters. The van der Waals surface area contributed by atoms with Crippen LogP contribution in [0.5, 0.6) is 0 Å². The SMILES string of the molecule is CC(NC(=O)C1CNC1)c1nc(C(C)(C)C)no1.Cl. The highest BCUT2D eigenvalue weighted by atomic mass is 35.5. The summed E-state index contributed by atoms with van der Waals surface area (Å²) >= 11 is 0. The van der Waals surface area contributed by atoms with E-state index in [0.717, 1.165) is 13.1 Å². The van der Waals surface area contributed by atoms with E-state index < -0.39 is 0 Å². The first kappa shape index (κ1) is 15.9. The van der Waals surface area contributed by atoms with Crippen LogP contribution in [-0.2, 0) is 10.2 Å². The zero-order valence-electron chi connectivity index (χ0n) is 11.7. The Bertz CT molecular complexity index is 437. The van der Waals surface area contributed by atoms with Gasteiger partial charge < -0.3 is 15.2 Å². The molecular formula is C12H21ClN4O2. The lowest BCUT2D eigenvalue weighted by Crippen LogP contribution is -2.51. The van der Waals surface area contributed by atoms with Crippen LogP contribution >= 0.6 is 12.4 Å². The van der Waals surface area contributed by atoms with Crippen LogP contribution in [-0.4, -0.2) is 29.1 Å². The van der Waals surface area contributed by atoms with Gasteiger partial charge in [0.1, 0.15) is 6.04 Å². The van der Waals surface area contributed by atoms with Gasteiger partial charge in [-0.1, -0.05) is 25.9 Å². The topological polar surface area (TPSA) is 80.0 Å². The molecule has 0 bridgehead atoms. The molecule has 6 nitrogen and oxygen atoms in total. The quantitative estimate of drug-likeness (QED) is 0.873. The maximum atomic E-state index is 11.8. The molecule has 0 saturated carbocycles. The maximum Gasteiger partial charge on any atom is 0.248 e. The van der Waals surface area contributed by atoms with Crippen LogP contribution in [0.4, 0.5) is 0 Å². The van der Waals surface area contributed by atoms with E-state index in [0.29, 0.717) is 11.7 Å². The Hall–Kier alpha value is -1.14.